The molecular weight excluding hydrogens is 368 g/mol. The summed E-state index contributed by atoms with van der Waals surface area (Å²) in [6.45, 7) is 0.187. The Balaban J connectivity index is 1.34. The van der Waals surface area contributed by atoms with Crippen molar-refractivity contribution in [2.24, 2.45) is 0 Å². The van der Waals surface area contributed by atoms with Gasteiger partial charge in [-0.05, 0) is 48.5 Å². The van der Waals surface area contributed by atoms with Crippen LogP contribution in [0.1, 0.15) is 10.5 Å². The quantitative estimate of drug-likeness (QED) is 0.544. The van der Waals surface area contributed by atoms with E-state index in [9.17, 15) is 4.79 Å². The van der Waals surface area contributed by atoms with Gasteiger partial charge in [0.15, 0.2) is 11.5 Å². The number of fused-ring (bicyclic) bond motifs is 2. The Labute approximate surface area is 166 Å². The Morgan fingerprint density at radius 1 is 0.897 bits per heavy atom. The molecule has 0 bridgehead atoms. The molecule has 1 aliphatic rings. The molecular formula is C22H16N4O3. The highest BCUT2D eigenvalue weighted by Gasteiger charge is 2.15. The van der Waals surface area contributed by atoms with Gasteiger partial charge in [0.25, 0.3) is 5.91 Å². The second-order valence-electron chi connectivity index (χ2n) is 6.47. The zero-order chi connectivity index (χ0) is 19.6. The molecule has 5 rings (SSSR count). The Kier molecular flexibility index (Phi) is 4.18. The number of hydrogen-bond acceptors (Lipinski definition) is 6. The number of pyridine rings is 2. The molecule has 7 heteroatoms. The number of carbonyl (C=O) groups excluding carboxylic acids is 1. The molecule has 0 saturated carbocycles. The second-order valence-corrected chi connectivity index (χ2v) is 6.47. The third-order valence-electron chi connectivity index (χ3n) is 4.49. The lowest BCUT2D eigenvalue weighted by molar-refractivity contribution is 0.102. The van der Waals surface area contributed by atoms with Crippen molar-refractivity contribution in [1.82, 2.24) is 9.97 Å². The van der Waals surface area contributed by atoms with Crippen molar-refractivity contribution >= 4 is 34.0 Å². The number of rotatable bonds is 4. The lowest BCUT2D eigenvalue weighted by atomic mass is 10.2. The minimum Gasteiger partial charge on any atom is -0.454 e. The van der Waals surface area contributed by atoms with E-state index >= 15 is 0 Å². The van der Waals surface area contributed by atoms with E-state index in [2.05, 4.69) is 20.6 Å². The van der Waals surface area contributed by atoms with Gasteiger partial charge in [0.1, 0.15) is 11.5 Å². The van der Waals surface area contributed by atoms with Crippen LogP contribution in [0.15, 0.2) is 72.9 Å². The van der Waals surface area contributed by atoms with Gasteiger partial charge in [0, 0.05) is 29.0 Å². The van der Waals surface area contributed by atoms with Crippen LogP contribution in [0.25, 0.3) is 10.9 Å². The summed E-state index contributed by atoms with van der Waals surface area (Å²) in [5.41, 5.74) is 2.70. The van der Waals surface area contributed by atoms with Crippen molar-refractivity contribution in [2.45, 2.75) is 0 Å². The van der Waals surface area contributed by atoms with Crippen LogP contribution in [0.4, 0.5) is 17.2 Å². The molecule has 0 radical (unpaired) electrons. The molecule has 3 heterocycles. The summed E-state index contributed by atoms with van der Waals surface area (Å²) < 4.78 is 10.6. The number of nitrogens with zero attached hydrogens (tertiary/aromatic N) is 2. The summed E-state index contributed by atoms with van der Waals surface area (Å²) in [5, 5.41) is 7.09. The molecule has 0 atom stereocenters. The Hall–Kier alpha value is -4.13. The number of aromatic nitrogens is 2. The van der Waals surface area contributed by atoms with E-state index in [1.165, 1.54) is 0 Å². The summed E-state index contributed by atoms with van der Waals surface area (Å²) in [7, 11) is 0. The number of anilines is 3. The number of hydrogen-bond donors (Lipinski definition) is 2. The smallest absolute Gasteiger partial charge is 0.274 e. The number of benzene rings is 2. The predicted molar refractivity (Wildman–Crippen MR) is 110 cm³/mol. The number of nitrogens with one attached hydrogen (secondary N) is 2. The molecule has 1 aliphatic heterocycles. The van der Waals surface area contributed by atoms with Crippen molar-refractivity contribution in [3.8, 4) is 11.5 Å². The molecule has 1 amide bonds. The molecule has 0 aliphatic carbocycles. The first-order chi connectivity index (χ1) is 14.2. The van der Waals surface area contributed by atoms with Gasteiger partial charge in [-0.25, -0.2) is 4.98 Å². The van der Waals surface area contributed by atoms with Gasteiger partial charge in [0.2, 0.25) is 6.79 Å². The van der Waals surface area contributed by atoms with E-state index in [4.69, 9.17) is 9.47 Å². The normalized spacial score (nSPS) is 12.0. The SMILES string of the molecule is O=C(Nc1ccc2c(c1)OCO2)c1cccc(Nc2ccc3ncccc3c2)n1. The first-order valence-electron chi connectivity index (χ1n) is 9.04. The molecule has 2 aromatic carbocycles. The third-order valence-corrected chi connectivity index (χ3v) is 4.49. The standard InChI is InChI=1S/C22H16N4O3/c27-22(25-16-7-9-19-20(12-16)29-13-28-19)18-4-1-5-21(26-18)24-15-6-8-17-14(11-15)3-2-10-23-17/h1-12H,13H2,(H,24,26)(H,25,27). The minimum absolute atomic E-state index is 0.187. The summed E-state index contributed by atoms with van der Waals surface area (Å²) in [6, 6.07) is 20.3. The van der Waals surface area contributed by atoms with E-state index in [1.54, 1.807) is 36.5 Å². The first-order valence-corrected chi connectivity index (χ1v) is 9.04. The van der Waals surface area contributed by atoms with Crippen molar-refractivity contribution in [3.63, 3.8) is 0 Å². The maximum absolute atomic E-state index is 12.6. The Morgan fingerprint density at radius 3 is 2.76 bits per heavy atom. The largest absolute Gasteiger partial charge is 0.454 e. The maximum Gasteiger partial charge on any atom is 0.274 e. The van der Waals surface area contributed by atoms with E-state index < -0.39 is 0 Å². The van der Waals surface area contributed by atoms with Crippen molar-refractivity contribution in [1.29, 1.82) is 0 Å². The summed E-state index contributed by atoms with van der Waals surface area (Å²) in [5.74, 6) is 1.54. The molecule has 4 aromatic rings. The monoisotopic (exact) mass is 384 g/mol. The molecule has 2 N–H and O–H groups in total. The molecule has 29 heavy (non-hydrogen) atoms. The van der Waals surface area contributed by atoms with Gasteiger partial charge in [-0.2, -0.15) is 0 Å². The summed E-state index contributed by atoms with van der Waals surface area (Å²) in [4.78, 5) is 21.3. The summed E-state index contributed by atoms with van der Waals surface area (Å²) in [6.07, 6.45) is 1.76. The fourth-order valence-electron chi connectivity index (χ4n) is 3.10. The van der Waals surface area contributed by atoms with Crippen molar-refractivity contribution in [2.75, 3.05) is 17.4 Å². The van der Waals surface area contributed by atoms with Crippen LogP contribution < -0.4 is 20.1 Å². The number of carbonyl (C=O) groups is 1. The fourth-order valence-corrected chi connectivity index (χ4v) is 3.10. The van der Waals surface area contributed by atoms with Crippen LogP contribution in [-0.2, 0) is 0 Å². The van der Waals surface area contributed by atoms with Gasteiger partial charge in [-0.1, -0.05) is 12.1 Å². The van der Waals surface area contributed by atoms with Crippen LogP contribution in [0.2, 0.25) is 0 Å². The number of ether oxygens (including phenoxy) is 2. The maximum atomic E-state index is 12.6. The topological polar surface area (TPSA) is 85.4 Å². The van der Waals surface area contributed by atoms with Gasteiger partial charge in [0.05, 0.1) is 5.52 Å². The minimum atomic E-state index is -0.310. The molecule has 0 saturated heterocycles. The van der Waals surface area contributed by atoms with E-state index in [1.807, 2.05) is 36.4 Å². The zero-order valence-electron chi connectivity index (χ0n) is 15.3. The molecule has 0 spiro atoms. The van der Waals surface area contributed by atoms with E-state index in [0.29, 0.717) is 28.7 Å². The Bertz CT molecular complexity index is 1230. The highest BCUT2D eigenvalue weighted by Crippen LogP contribution is 2.34. The van der Waals surface area contributed by atoms with Crippen LogP contribution in [0.5, 0.6) is 11.5 Å². The second kappa shape index (κ2) is 7.12. The lowest BCUT2D eigenvalue weighted by Crippen LogP contribution is -2.14. The van der Waals surface area contributed by atoms with E-state index in [-0.39, 0.29) is 12.7 Å². The molecule has 7 nitrogen and oxygen atoms in total. The number of amides is 1. The molecule has 2 aromatic heterocycles. The highest BCUT2D eigenvalue weighted by atomic mass is 16.7. The van der Waals surface area contributed by atoms with Crippen LogP contribution >= 0.6 is 0 Å². The van der Waals surface area contributed by atoms with Gasteiger partial charge >= 0.3 is 0 Å². The van der Waals surface area contributed by atoms with Gasteiger partial charge in [-0.3, -0.25) is 9.78 Å². The molecule has 0 fully saturated rings. The first kappa shape index (κ1) is 17.0. The predicted octanol–water partition coefficient (Wildman–Crippen LogP) is 4.35. The van der Waals surface area contributed by atoms with Crippen LogP contribution in [0.3, 0.4) is 0 Å². The third kappa shape index (κ3) is 3.53. The van der Waals surface area contributed by atoms with E-state index in [0.717, 1.165) is 16.6 Å². The zero-order valence-corrected chi connectivity index (χ0v) is 15.3. The average molecular weight is 384 g/mol. The van der Waals surface area contributed by atoms with Crippen LogP contribution in [0, 0.1) is 0 Å². The van der Waals surface area contributed by atoms with Crippen molar-refractivity contribution < 1.29 is 14.3 Å². The fraction of sp³-hybridized carbons (Fsp3) is 0.0455. The van der Waals surface area contributed by atoms with Crippen LogP contribution in [-0.4, -0.2) is 22.7 Å². The van der Waals surface area contributed by atoms with Gasteiger partial charge < -0.3 is 20.1 Å². The average Bonchev–Trinajstić information content (AvgIpc) is 3.22. The highest BCUT2D eigenvalue weighted by molar-refractivity contribution is 6.03. The van der Waals surface area contributed by atoms with Gasteiger partial charge in [-0.15, -0.1) is 0 Å². The Morgan fingerprint density at radius 2 is 1.79 bits per heavy atom. The molecule has 142 valence electrons. The summed E-state index contributed by atoms with van der Waals surface area (Å²) >= 11 is 0. The van der Waals surface area contributed by atoms with Crippen molar-refractivity contribution in [3.05, 3.63) is 78.6 Å². The lowest BCUT2D eigenvalue weighted by Gasteiger charge is -2.09. The molecule has 0 unspecified atom stereocenters.